The molecule has 1 rings (SSSR count). The SMILES string of the molecule is Cc1cccc(CN(C)C(C)CCC(=O)O)c1. The van der Waals surface area contributed by atoms with E-state index in [1.165, 1.54) is 11.1 Å². The molecule has 0 saturated heterocycles. The van der Waals surface area contributed by atoms with Crippen molar-refractivity contribution in [2.75, 3.05) is 7.05 Å². The van der Waals surface area contributed by atoms with Crippen LogP contribution in [0.3, 0.4) is 0 Å². The quantitative estimate of drug-likeness (QED) is 0.824. The maximum absolute atomic E-state index is 10.5. The highest BCUT2D eigenvalue weighted by molar-refractivity contribution is 5.66. The van der Waals surface area contributed by atoms with Gasteiger partial charge in [-0.3, -0.25) is 9.69 Å². The minimum Gasteiger partial charge on any atom is -0.481 e. The molecule has 0 heterocycles. The van der Waals surface area contributed by atoms with E-state index in [-0.39, 0.29) is 12.5 Å². The number of hydrogen-bond donors (Lipinski definition) is 1. The second-order valence-corrected chi connectivity index (χ2v) is 4.69. The molecule has 17 heavy (non-hydrogen) atoms. The lowest BCUT2D eigenvalue weighted by atomic mass is 10.1. The van der Waals surface area contributed by atoms with Crippen LogP contribution in [0, 0.1) is 6.92 Å². The molecule has 1 N–H and O–H groups in total. The van der Waals surface area contributed by atoms with Gasteiger partial charge >= 0.3 is 5.97 Å². The largest absolute Gasteiger partial charge is 0.481 e. The summed E-state index contributed by atoms with van der Waals surface area (Å²) in [4.78, 5) is 12.7. The zero-order chi connectivity index (χ0) is 12.8. The van der Waals surface area contributed by atoms with Crippen LogP contribution in [0.4, 0.5) is 0 Å². The number of benzene rings is 1. The topological polar surface area (TPSA) is 40.5 Å². The second kappa shape index (κ2) is 6.40. The monoisotopic (exact) mass is 235 g/mol. The number of carbonyl (C=O) groups is 1. The Morgan fingerprint density at radius 2 is 2.18 bits per heavy atom. The average Bonchev–Trinajstić information content (AvgIpc) is 2.25. The van der Waals surface area contributed by atoms with Crippen LogP contribution in [0.2, 0.25) is 0 Å². The fourth-order valence-electron chi connectivity index (χ4n) is 1.81. The Kier molecular flexibility index (Phi) is 5.16. The molecule has 0 aliphatic carbocycles. The molecule has 0 aliphatic heterocycles. The smallest absolute Gasteiger partial charge is 0.303 e. The van der Waals surface area contributed by atoms with Gasteiger partial charge < -0.3 is 5.11 Å². The molecule has 1 aromatic carbocycles. The minimum absolute atomic E-state index is 0.235. The van der Waals surface area contributed by atoms with Gasteiger partial charge in [-0.2, -0.15) is 0 Å². The standard InChI is InChI=1S/C14H21NO2/c1-11-5-4-6-13(9-11)10-15(3)12(2)7-8-14(16)17/h4-6,9,12H,7-8,10H2,1-3H3,(H,16,17). The van der Waals surface area contributed by atoms with E-state index in [2.05, 4.69) is 43.0 Å². The molecule has 0 fully saturated rings. The average molecular weight is 235 g/mol. The van der Waals surface area contributed by atoms with Crippen molar-refractivity contribution >= 4 is 5.97 Å². The van der Waals surface area contributed by atoms with Gasteiger partial charge in [-0.25, -0.2) is 0 Å². The fourth-order valence-corrected chi connectivity index (χ4v) is 1.81. The van der Waals surface area contributed by atoms with E-state index in [0.717, 1.165) is 6.54 Å². The Labute approximate surface area is 103 Å². The third-order valence-electron chi connectivity index (χ3n) is 3.04. The van der Waals surface area contributed by atoms with Gasteiger partial charge in [0.1, 0.15) is 0 Å². The van der Waals surface area contributed by atoms with E-state index < -0.39 is 5.97 Å². The molecule has 1 unspecified atom stereocenters. The van der Waals surface area contributed by atoms with Crippen molar-refractivity contribution in [3.63, 3.8) is 0 Å². The number of aliphatic carboxylic acids is 1. The van der Waals surface area contributed by atoms with Gasteiger partial charge in [0.2, 0.25) is 0 Å². The lowest BCUT2D eigenvalue weighted by molar-refractivity contribution is -0.137. The van der Waals surface area contributed by atoms with Crippen molar-refractivity contribution in [2.45, 2.75) is 39.3 Å². The molecular formula is C14H21NO2. The third kappa shape index (κ3) is 5.00. The van der Waals surface area contributed by atoms with Crippen LogP contribution >= 0.6 is 0 Å². The highest BCUT2D eigenvalue weighted by atomic mass is 16.4. The molecule has 0 amide bonds. The lowest BCUT2D eigenvalue weighted by Gasteiger charge is -2.24. The van der Waals surface area contributed by atoms with Crippen molar-refractivity contribution in [1.29, 1.82) is 0 Å². The molecule has 1 aromatic rings. The summed E-state index contributed by atoms with van der Waals surface area (Å²) in [6.45, 7) is 5.01. The van der Waals surface area contributed by atoms with E-state index in [4.69, 9.17) is 5.11 Å². The second-order valence-electron chi connectivity index (χ2n) is 4.69. The number of rotatable bonds is 6. The van der Waals surface area contributed by atoms with Gasteiger partial charge in [-0.1, -0.05) is 29.8 Å². The van der Waals surface area contributed by atoms with E-state index in [0.29, 0.717) is 6.42 Å². The van der Waals surface area contributed by atoms with Gasteiger partial charge in [0.25, 0.3) is 0 Å². The van der Waals surface area contributed by atoms with Crippen molar-refractivity contribution < 1.29 is 9.90 Å². The number of carboxylic acid groups (broad SMARTS) is 1. The Balaban J connectivity index is 2.48. The van der Waals surface area contributed by atoms with Crippen molar-refractivity contribution in [2.24, 2.45) is 0 Å². The Bertz CT molecular complexity index is 376. The summed E-state index contributed by atoms with van der Waals surface area (Å²) in [5.74, 6) is -0.721. The maximum Gasteiger partial charge on any atom is 0.303 e. The van der Waals surface area contributed by atoms with E-state index >= 15 is 0 Å². The van der Waals surface area contributed by atoms with E-state index in [1.807, 2.05) is 7.05 Å². The van der Waals surface area contributed by atoms with Crippen LogP contribution in [0.15, 0.2) is 24.3 Å². The molecule has 3 heteroatoms. The zero-order valence-corrected chi connectivity index (χ0v) is 10.8. The molecule has 0 bridgehead atoms. The van der Waals surface area contributed by atoms with Gasteiger partial charge in [0.15, 0.2) is 0 Å². The summed E-state index contributed by atoms with van der Waals surface area (Å²) in [5.41, 5.74) is 2.53. The molecular weight excluding hydrogens is 214 g/mol. The number of nitrogens with zero attached hydrogens (tertiary/aromatic N) is 1. The zero-order valence-electron chi connectivity index (χ0n) is 10.8. The first-order chi connectivity index (χ1) is 7.99. The summed E-state index contributed by atoms with van der Waals surface area (Å²) >= 11 is 0. The first-order valence-corrected chi connectivity index (χ1v) is 5.96. The van der Waals surface area contributed by atoms with E-state index in [9.17, 15) is 4.79 Å². The van der Waals surface area contributed by atoms with Crippen molar-refractivity contribution in [3.05, 3.63) is 35.4 Å². The van der Waals surface area contributed by atoms with Gasteiger partial charge in [-0.05, 0) is 32.9 Å². The fraction of sp³-hybridized carbons (Fsp3) is 0.500. The van der Waals surface area contributed by atoms with Crippen LogP contribution in [-0.4, -0.2) is 29.1 Å². The van der Waals surface area contributed by atoms with Crippen molar-refractivity contribution in [3.8, 4) is 0 Å². The van der Waals surface area contributed by atoms with Crippen LogP contribution < -0.4 is 0 Å². The predicted molar refractivity (Wildman–Crippen MR) is 69.0 cm³/mol. The summed E-state index contributed by atoms with van der Waals surface area (Å²) in [5, 5.41) is 8.65. The first-order valence-electron chi connectivity index (χ1n) is 5.96. The Hall–Kier alpha value is -1.35. The van der Waals surface area contributed by atoms with Gasteiger partial charge in [-0.15, -0.1) is 0 Å². The van der Waals surface area contributed by atoms with Gasteiger partial charge in [0, 0.05) is 19.0 Å². The molecule has 3 nitrogen and oxygen atoms in total. The van der Waals surface area contributed by atoms with Gasteiger partial charge in [0.05, 0.1) is 0 Å². The number of hydrogen-bond acceptors (Lipinski definition) is 2. The molecule has 0 aliphatic rings. The summed E-state index contributed by atoms with van der Waals surface area (Å²) < 4.78 is 0. The summed E-state index contributed by atoms with van der Waals surface area (Å²) in [7, 11) is 2.04. The van der Waals surface area contributed by atoms with Crippen LogP contribution in [0.25, 0.3) is 0 Å². The molecule has 0 saturated carbocycles. The molecule has 0 radical (unpaired) electrons. The number of carboxylic acids is 1. The summed E-state index contributed by atoms with van der Waals surface area (Å²) in [6.07, 6.45) is 0.928. The third-order valence-corrected chi connectivity index (χ3v) is 3.04. The normalized spacial score (nSPS) is 12.7. The van der Waals surface area contributed by atoms with Crippen LogP contribution in [0.5, 0.6) is 0 Å². The van der Waals surface area contributed by atoms with E-state index in [1.54, 1.807) is 0 Å². The van der Waals surface area contributed by atoms with Crippen molar-refractivity contribution in [1.82, 2.24) is 4.90 Å². The molecule has 0 spiro atoms. The molecule has 94 valence electrons. The Morgan fingerprint density at radius 1 is 1.47 bits per heavy atom. The molecule has 1 atom stereocenters. The first kappa shape index (κ1) is 13.7. The molecule has 0 aromatic heterocycles. The highest BCUT2D eigenvalue weighted by Gasteiger charge is 2.11. The van der Waals surface area contributed by atoms with Crippen LogP contribution in [-0.2, 0) is 11.3 Å². The maximum atomic E-state index is 10.5. The predicted octanol–water partition coefficient (Wildman–Crippen LogP) is 2.68. The highest BCUT2D eigenvalue weighted by Crippen LogP contribution is 2.11. The lowest BCUT2D eigenvalue weighted by Crippen LogP contribution is -2.29. The number of aryl methyl sites for hydroxylation is 1. The minimum atomic E-state index is -0.721. The summed E-state index contributed by atoms with van der Waals surface area (Å²) in [6, 6.07) is 8.69. The van der Waals surface area contributed by atoms with Crippen LogP contribution in [0.1, 0.15) is 30.9 Å². The Morgan fingerprint density at radius 3 is 2.76 bits per heavy atom.